The number of fused-ring (bicyclic) bond motifs is 2. The molecule has 0 saturated heterocycles. The van der Waals surface area contributed by atoms with Crippen molar-refractivity contribution in [1.82, 2.24) is 0 Å². The molecule has 0 saturated carbocycles. The van der Waals surface area contributed by atoms with E-state index in [1.54, 1.807) is 0 Å². The highest BCUT2D eigenvalue weighted by Crippen LogP contribution is 2.55. The molecule has 0 atom stereocenters. The first-order chi connectivity index (χ1) is 30.5. The van der Waals surface area contributed by atoms with Gasteiger partial charge in [-0.3, -0.25) is 9.11 Å². The second-order valence-corrected chi connectivity index (χ2v) is 19.4. The molecule has 0 bridgehead atoms. The van der Waals surface area contributed by atoms with Crippen LogP contribution in [-0.2, 0) is 20.2 Å². The number of phenolic OH excluding ortho intramolecular Hbond substituents is 2. The van der Waals surface area contributed by atoms with Gasteiger partial charge in [0, 0.05) is 39.7 Å². The van der Waals surface area contributed by atoms with E-state index in [2.05, 4.69) is 36.0 Å². The number of benzene rings is 7. The van der Waals surface area contributed by atoms with Gasteiger partial charge in [0.1, 0.15) is 50.3 Å². The monoisotopic (exact) mass is 967 g/mol. The molecule has 0 aliphatic heterocycles. The van der Waals surface area contributed by atoms with Crippen LogP contribution in [0.25, 0.3) is 21.5 Å². The number of nitrogens with zero attached hydrogens (tertiary/aromatic N) is 6. The lowest BCUT2D eigenvalue weighted by Crippen LogP contribution is -1.99. The van der Waals surface area contributed by atoms with Crippen molar-refractivity contribution in [3.8, 4) is 17.2 Å². The number of azo groups is 3. The van der Waals surface area contributed by atoms with Gasteiger partial charge in [-0.15, -0.1) is 25.6 Å². The quantitative estimate of drug-likeness (QED) is 0.0378. The summed E-state index contributed by atoms with van der Waals surface area (Å²) in [5.74, 6) is -1.31. The van der Waals surface area contributed by atoms with Gasteiger partial charge in [-0.1, -0.05) is 18.2 Å². The third kappa shape index (κ3) is 10.5. The molecule has 22 nitrogen and oxygen atoms in total. The van der Waals surface area contributed by atoms with E-state index < -0.39 is 69.0 Å². The summed E-state index contributed by atoms with van der Waals surface area (Å²) in [6.07, 6.45) is 0. The highest BCUT2D eigenvalue weighted by Gasteiger charge is 2.26. The molecule has 0 aliphatic rings. The van der Waals surface area contributed by atoms with Crippen LogP contribution in [0.15, 0.2) is 166 Å². The summed E-state index contributed by atoms with van der Waals surface area (Å²) < 4.78 is 131. The Hall–Kier alpha value is -6.66. The Bertz CT molecular complexity index is 3340. The minimum absolute atomic E-state index is 0.0505. The third-order valence-corrected chi connectivity index (χ3v) is 12.7. The van der Waals surface area contributed by atoms with Crippen LogP contribution in [0.3, 0.4) is 0 Å². The van der Waals surface area contributed by atoms with Gasteiger partial charge < -0.3 is 47.6 Å². The maximum Gasteiger partial charge on any atom is 0.294 e. The fraction of sp³-hybridized carbons (Fsp3) is 0.0256. The van der Waals surface area contributed by atoms with Gasteiger partial charge in [-0.05, 0) is 90.3 Å². The smallest absolute Gasteiger partial charge is 0.294 e. The minimum atomic E-state index is -4.69. The Morgan fingerprint density at radius 1 is 0.492 bits per heavy atom. The number of hydrogen-bond acceptors (Lipinski definition) is 20. The fourth-order valence-corrected chi connectivity index (χ4v) is 8.36. The van der Waals surface area contributed by atoms with E-state index in [9.17, 15) is 63.5 Å². The van der Waals surface area contributed by atoms with Crippen molar-refractivity contribution in [2.24, 2.45) is 30.7 Å². The van der Waals surface area contributed by atoms with Crippen LogP contribution < -0.4 is 10.1 Å². The first kappa shape index (κ1) is 46.3. The number of phenols is 2. The predicted molar refractivity (Wildman–Crippen MR) is 240 cm³/mol. The first-order valence-corrected chi connectivity index (χ1v) is 23.8. The maximum atomic E-state index is 12.1. The van der Waals surface area contributed by atoms with Crippen LogP contribution in [0.5, 0.6) is 17.2 Å². The lowest BCUT2D eigenvalue weighted by molar-refractivity contribution is 0.373. The molecular weight excluding hydrogens is 935 g/mol. The zero-order chi connectivity index (χ0) is 47.1. The van der Waals surface area contributed by atoms with Crippen molar-refractivity contribution in [1.29, 1.82) is 0 Å². The van der Waals surface area contributed by atoms with Crippen molar-refractivity contribution in [3.63, 3.8) is 0 Å². The van der Waals surface area contributed by atoms with Gasteiger partial charge in [0.05, 0.1) is 43.8 Å². The summed E-state index contributed by atoms with van der Waals surface area (Å²) >= 11 is 0. The first-order valence-electron chi connectivity index (χ1n) is 18.0. The van der Waals surface area contributed by atoms with E-state index >= 15 is 0 Å². The lowest BCUT2D eigenvalue weighted by Gasteiger charge is -2.22. The van der Waals surface area contributed by atoms with Crippen molar-refractivity contribution in [2.75, 3.05) is 12.4 Å². The summed E-state index contributed by atoms with van der Waals surface area (Å²) in [5.41, 5.74) is 0.0878. The van der Waals surface area contributed by atoms with E-state index in [1.165, 1.54) is 92.0 Å². The van der Waals surface area contributed by atoms with Crippen LogP contribution in [0.1, 0.15) is 0 Å². The Morgan fingerprint density at radius 2 is 1.09 bits per heavy atom. The molecule has 0 spiro atoms. The van der Waals surface area contributed by atoms with Crippen LogP contribution in [0.2, 0.25) is 0 Å². The second kappa shape index (κ2) is 17.7. The molecule has 0 heterocycles. The zero-order valence-corrected chi connectivity index (χ0v) is 36.1. The lowest BCUT2D eigenvalue weighted by atomic mass is 10.1. The van der Waals surface area contributed by atoms with Gasteiger partial charge in [0.15, 0.2) is 5.75 Å². The van der Waals surface area contributed by atoms with Crippen LogP contribution in [-0.4, -0.2) is 70.6 Å². The molecule has 0 amide bonds. The summed E-state index contributed by atoms with van der Waals surface area (Å²) in [7, 11) is -16.5. The van der Waals surface area contributed by atoms with Gasteiger partial charge >= 0.3 is 0 Å². The van der Waals surface area contributed by atoms with Gasteiger partial charge in [-0.2, -0.15) is 21.9 Å². The van der Waals surface area contributed by atoms with E-state index in [4.69, 9.17) is 4.74 Å². The number of anilines is 2. The number of ether oxygens (including phenoxy) is 1. The van der Waals surface area contributed by atoms with E-state index in [1.807, 2.05) is 0 Å². The molecule has 65 heavy (non-hydrogen) atoms. The molecule has 0 radical (unpaired) electrons. The highest BCUT2D eigenvalue weighted by molar-refractivity contribution is 8.19. The molecule has 0 unspecified atom stereocenters. The molecule has 0 aromatic heterocycles. The molecule has 7 aromatic rings. The minimum Gasteiger partial charge on any atom is -0.506 e. The second-order valence-electron chi connectivity index (χ2n) is 13.6. The van der Waals surface area contributed by atoms with Crippen molar-refractivity contribution >= 4 is 109 Å². The van der Waals surface area contributed by atoms with E-state index in [-0.39, 0.29) is 65.8 Å². The summed E-state index contributed by atoms with van der Waals surface area (Å²) in [4.78, 5) is -1.63. The van der Waals surface area contributed by atoms with Gasteiger partial charge in [0.2, 0.25) is 0 Å². The SMILES string of the molecule is COc1cc(N=Nc2c(S(O)(O)O)cc3ccc(Nc4cccc(S(=O)(=O)O)c4)cc3c2O)c(O)cc1N=Nc1ccc(N=Nc2ccc(S(O)(O)O)cc2)c2ccc(S(=O)(=O)O)cc12. The summed E-state index contributed by atoms with van der Waals surface area (Å²) in [6, 6.07) is 24.7. The average molecular weight is 968 g/mol. The Labute approximate surface area is 370 Å². The normalized spacial score (nSPS) is 13.4. The average Bonchev–Trinajstić information content (AvgIpc) is 3.24. The number of nitrogens with one attached hydrogen (secondary N) is 1. The predicted octanol–water partition coefficient (Wildman–Crippen LogP) is 12.1. The van der Waals surface area contributed by atoms with Gasteiger partial charge in [-0.25, -0.2) is 0 Å². The summed E-state index contributed by atoms with van der Waals surface area (Å²) in [6.45, 7) is 0. The number of methoxy groups -OCH3 is 1. The Kier molecular flexibility index (Phi) is 12.6. The standard InChI is InChI=1S/C39H33N7O15S4/c1-61-36-20-33(44-46-38-37(65(58,59)60)15-21-5-6-24(17-29(21)39(38)48)40-23-3-2-4-26(16-23)63(52,53)54)35(47)19-34(36)45-43-32-14-13-31(28-12-11-27(18-30(28)32)64(55,56)57)42-41-22-7-9-25(10-8-22)62(49,50)51/h2-20,40,47-51,58-60H,1H3,(H,52,53,54)(H,55,56,57). The van der Waals surface area contributed by atoms with Crippen molar-refractivity contribution in [3.05, 3.63) is 115 Å². The van der Waals surface area contributed by atoms with E-state index in [0.29, 0.717) is 11.1 Å². The van der Waals surface area contributed by atoms with Crippen LogP contribution in [0.4, 0.5) is 45.5 Å². The third-order valence-electron chi connectivity index (χ3n) is 9.23. The zero-order valence-electron chi connectivity index (χ0n) is 32.8. The van der Waals surface area contributed by atoms with Crippen LogP contribution in [0, 0.1) is 0 Å². The largest absolute Gasteiger partial charge is 0.506 e. The van der Waals surface area contributed by atoms with Crippen molar-refractivity contribution < 1.29 is 68.2 Å². The molecule has 338 valence electrons. The van der Waals surface area contributed by atoms with Crippen LogP contribution >= 0.6 is 21.7 Å². The molecule has 26 heteroatoms. The molecule has 11 N–H and O–H groups in total. The maximum absolute atomic E-state index is 12.1. The fourth-order valence-electron chi connectivity index (χ4n) is 6.14. The number of aromatic hydroxyl groups is 2. The molecule has 0 fully saturated rings. The summed E-state index contributed by atoms with van der Waals surface area (Å²) in [5, 5.41) is 50.6. The molecule has 7 aromatic carbocycles. The number of hydrogen-bond donors (Lipinski definition) is 11. The Morgan fingerprint density at radius 3 is 1.74 bits per heavy atom. The Balaban J connectivity index is 1.22. The molecular formula is C39H33N7O15S4. The van der Waals surface area contributed by atoms with Gasteiger partial charge in [0.25, 0.3) is 20.2 Å². The highest BCUT2D eigenvalue weighted by atomic mass is 32.3. The topological polar surface area (TPSA) is 366 Å². The molecule has 7 rings (SSSR count). The molecule has 0 aliphatic carbocycles. The van der Waals surface area contributed by atoms with E-state index in [0.717, 1.165) is 30.3 Å². The number of rotatable bonds is 13. The van der Waals surface area contributed by atoms with Crippen molar-refractivity contribution in [2.45, 2.75) is 19.6 Å².